The van der Waals surface area contributed by atoms with Crippen molar-refractivity contribution < 1.29 is 9.47 Å². The van der Waals surface area contributed by atoms with E-state index in [-0.39, 0.29) is 12.1 Å². The molecule has 0 fully saturated rings. The van der Waals surface area contributed by atoms with Gasteiger partial charge in [-0.2, -0.15) is 0 Å². The van der Waals surface area contributed by atoms with Crippen molar-refractivity contribution in [3.8, 4) is 11.5 Å². The Hall–Kier alpha value is -2.07. The van der Waals surface area contributed by atoms with Crippen LogP contribution in [0.25, 0.3) is 0 Å². The highest BCUT2D eigenvalue weighted by Gasteiger charge is 2.23. The van der Waals surface area contributed by atoms with Gasteiger partial charge in [-0.25, -0.2) is 0 Å². The molecule has 3 rings (SSSR count). The third-order valence-electron chi connectivity index (χ3n) is 3.89. The zero-order valence-corrected chi connectivity index (χ0v) is 12.4. The van der Waals surface area contributed by atoms with Crippen molar-refractivity contribution in [3.63, 3.8) is 0 Å². The van der Waals surface area contributed by atoms with Crippen molar-refractivity contribution in [1.82, 2.24) is 10.3 Å². The molecule has 1 aromatic carbocycles. The highest BCUT2D eigenvalue weighted by molar-refractivity contribution is 5.43. The molecular weight excluding hydrogens is 264 g/mol. The van der Waals surface area contributed by atoms with Crippen LogP contribution in [-0.4, -0.2) is 18.7 Å². The molecule has 2 atom stereocenters. The van der Waals surface area contributed by atoms with Gasteiger partial charge in [0.05, 0.1) is 13.7 Å². The first-order chi connectivity index (χ1) is 10.3. The first-order valence-corrected chi connectivity index (χ1v) is 7.24. The van der Waals surface area contributed by atoms with Crippen molar-refractivity contribution in [1.29, 1.82) is 0 Å². The summed E-state index contributed by atoms with van der Waals surface area (Å²) < 4.78 is 11.1. The normalized spacial score (nSPS) is 18.5. The molecular formula is C17H20N2O2. The highest BCUT2D eigenvalue weighted by atomic mass is 16.5. The van der Waals surface area contributed by atoms with Crippen LogP contribution in [0.5, 0.6) is 11.5 Å². The van der Waals surface area contributed by atoms with E-state index < -0.39 is 0 Å². The van der Waals surface area contributed by atoms with Gasteiger partial charge in [0.25, 0.3) is 0 Å². The van der Waals surface area contributed by atoms with E-state index in [4.69, 9.17) is 9.47 Å². The Morgan fingerprint density at radius 2 is 2.29 bits per heavy atom. The summed E-state index contributed by atoms with van der Waals surface area (Å²) in [5, 5.41) is 3.67. The van der Waals surface area contributed by atoms with Crippen molar-refractivity contribution in [2.45, 2.75) is 25.4 Å². The summed E-state index contributed by atoms with van der Waals surface area (Å²) in [6.45, 7) is 2.89. The Morgan fingerprint density at radius 1 is 1.38 bits per heavy atom. The minimum atomic E-state index is 0.237. The Kier molecular flexibility index (Phi) is 4.06. The highest BCUT2D eigenvalue weighted by Crippen LogP contribution is 2.36. The van der Waals surface area contributed by atoms with Crippen LogP contribution >= 0.6 is 0 Å². The minimum Gasteiger partial charge on any atom is -0.497 e. The van der Waals surface area contributed by atoms with Crippen LogP contribution in [0.1, 0.15) is 36.6 Å². The van der Waals surface area contributed by atoms with Crippen molar-refractivity contribution in [3.05, 3.63) is 53.9 Å². The van der Waals surface area contributed by atoms with Crippen LogP contribution in [0.3, 0.4) is 0 Å². The van der Waals surface area contributed by atoms with Crippen LogP contribution in [0.2, 0.25) is 0 Å². The van der Waals surface area contributed by atoms with Crippen molar-refractivity contribution >= 4 is 0 Å². The number of ether oxygens (including phenoxy) is 2. The smallest absolute Gasteiger partial charge is 0.124 e. The zero-order valence-electron chi connectivity index (χ0n) is 12.4. The third-order valence-corrected chi connectivity index (χ3v) is 3.89. The lowest BCUT2D eigenvalue weighted by Gasteiger charge is -2.29. The van der Waals surface area contributed by atoms with Crippen LogP contribution in [0.4, 0.5) is 0 Å². The van der Waals surface area contributed by atoms with Gasteiger partial charge in [0.15, 0.2) is 0 Å². The molecule has 0 amide bonds. The van der Waals surface area contributed by atoms with Gasteiger partial charge in [0, 0.05) is 36.5 Å². The molecule has 1 N–H and O–H groups in total. The van der Waals surface area contributed by atoms with E-state index in [2.05, 4.69) is 29.4 Å². The molecule has 0 bridgehead atoms. The second-order valence-corrected chi connectivity index (χ2v) is 5.27. The Labute approximate surface area is 125 Å². The van der Waals surface area contributed by atoms with Crippen LogP contribution in [-0.2, 0) is 0 Å². The van der Waals surface area contributed by atoms with E-state index in [1.54, 1.807) is 13.3 Å². The fourth-order valence-electron chi connectivity index (χ4n) is 2.70. The molecule has 0 saturated carbocycles. The van der Waals surface area contributed by atoms with Crippen LogP contribution in [0.15, 0.2) is 42.7 Å². The lowest BCUT2D eigenvalue weighted by molar-refractivity contribution is 0.245. The molecule has 2 heterocycles. The maximum Gasteiger partial charge on any atom is 0.124 e. The SMILES string of the molecule is COc1ccc2c(c1)C(N[C@H](C)c1cccnc1)CCO2. The van der Waals surface area contributed by atoms with Gasteiger partial charge >= 0.3 is 0 Å². The van der Waals surface area contributed by atoms with E-state index in [1.165, 1.54) is 5.56 Å². The Bertz CT molecular complexity index is 601. The molecule has 2 aromatic rings. The average molecular weight is 284 g/mol. The lowest BCUT2D eigenvalue weighted by atomic mass is 9.98. The lowest BCUT2D eigenvalue weighted by Crippen LogP contribution is -2.29. The number of hydrogen-bond acceptors (Lipinski definition) is 4. The second-order valence-electron chi connectivity index (χ2n) is 5.27. The van der Waals surface area contributed by atoms with Gasteiger partial charge < -0.3 is 14.8 Å². The molecule has 1 aliphatic heterocycles. The fourth-order valence-corrected chi connectivity index (χ4v) is 2.70. The molecule has 0 spiro atoms. The summed E-state index contributed by atoms with van der Waals surface area (Å²) >= 11 is 0. The number of aromatic nitrogens is 1. The molecule has 21 heavy (non-hydrogen) atoms. The number of nitrogens with one attached hydrogen (secondary N) is 1. The number of benzene rings is 1. The molecule has 0 aliphatic carbocycles. The van der Waals surface area contributed by atoms with E-state index in [9.17, 15) is 0 Å². The number of pyridine rings is 1. The summed E-state index contributed by atoms with van der Waals surface area (Å²) in [5.74, 6) is 1.80. The first kappa shape index (κ1) is 13.9. The van der Waals surface area contributed by atoms with Crippen LogP contribution < -0.4 is 14.8 Å². The molecule has 4 nitrogen and oxygen atoms in total. The van der Waals surface area contributed by atoms with E-state index in [1.807, 2.05) is 24.4 Å². The maximum atomic E-state index is 5.73. The minimum absolute atomic E-state index is 0.237. The number of hydrogen-bond donors (Lipinski definition) is 1. The summed E-state index contributed by atoms with van der Waals surface area (Å²) in [5.41, 5.74) is 2.35. The van der Waals surface area contributed by atoms with Gasteiger partial charge in [0.2, 0.25) is 0 Å². The monoisotopic (exact) mass is 284 g/mol. The predicted molar refractivity (Wildman–Crippen MR) is 81.6 cm³/mol. The molecule has 4 heteroatoms. The van der Waals surface area contributed by atoms with Gasteiger partial charge in [-0.3, -0.25) is 4.98 Å². The second kappa shape index (κ2) is 6.14. The fraction of sp³-hybridized carbons (Fsp3) is 0.353. The zero-order chi connectivity index (χ0) is 14.7. The van der Waals surface area contributed by atoms with Gasteiger partial charge in [0.1, 0.15) is 11.5 Å². The summed E-state index contributed by atoms with van der Waals surface area (Å²) in [6, 6.07) is 10.5. The van der Waals surface area contributed by atoms with Crippen molar-refractivity contribution in [2.75, 3.05) is 13.7 Å². The predicted octanol–water partition coefficient (Wildman–Crippen LogP) is 3.26. The van der Waals surface area contributed by atoms with Crippen molar-refractivity contribution in [2.24, 2.45) is 0 Å². The number of nitrogens with zero attached hydrogens (tertiary/aromatic N) is 1. The van der Waals surface area contributed by atoms with Gasteiger partial charge in [-0.05, 0) is 36.8 Å². The molecule has 1 unspecified atom stereocenters. The quantitative estimate of drug-likeness (QED) is 0.936. The number of methoxy groups -OCH3 is 1. The molecule has 1 aliphatic rings. The molecule has 0 radical (unpaired) electrons. The van der Waals surface area contributed by atoms with Gasteiger partial charge in [-0.15, -0.1) is 0 Å². The molecule has 110 valence electrons. The number of fused-ring (bicyclic) bond motifs is 1. The first-order valence-electron chi connectivity index (χ1n) is 7.24. The Morgan fingerprint density at radius 3 is 3.05 bits per heavy atom. The topological polar surface area (TPSA) is 43.4 Å². The molecule has 0 saturated heterocycles. The third kappa shape index (κ3) is 3.00. The van der Waals surface area contributed by atoms with Crippen LogP contribution in [0, 0.1) is 0 Å². The van der Waals surface area contributed by atoms with E-state index in [0.29, 0.717) is 0 Å². The largest absolute Gasteiger partial charge is 0.497 e. The summed E-state index contributed by atoms with van der Waals surface area (Å²) in [7, 11) is 1.69. The van der Waals surface area contributed by atoms with E-state index >= 15 is 0 Å². The maximum absolute atomic E-state index is 5.73. The van der Waals surface area contributed by atoms with Gasteiger partial charge in [-0.1, -0.05) is 6.07 Å². The average Bonchev–Trinajstić information content (AvgIpc) is 2.55. The van der Waals surface area contributed by atoms with E-state index in [0.717, 1.165) is 30.1 Å². The standard InChI is InChI=1S/C17H20N2O2/c1-12(13-4-3-8-18-11-13)19-16-7-9-21-17-6-5-14(20-2)10-15(16)17/h3-6,8,10-12,16,19H,7,9H2,1-2H3/t12-,16?/m1/s1. The molecule has 1 aromatic heterocycles. The summed E-state index contributed by atoms with van der Waals surface area (Å²) in [4.78, 5) is 4.19. The number of rotatable bonds is 4. The summed E-state index contributed by atoms with van der Waals surface area (Å²) in [6.07, 6.45) is 4.65. The Balaban J connectivity index is 1.81.